The Bertz CT molecular complexity index is 316. The molecule has 2 nitrogen and oxygen atoms in total. The lowest BCUT2D eigenvalue weighted by atomic mass is 9.89. The average Bonchev–Trinajstić information content (AvgIpc) is 2.30. The Balaban J connectivity index is 2.12. The van der Waals surface area contributed by atoms with Crippen LogP contribution in [-0.4, -0.2) is 18.3 Å². The summed E-state index contributed by atoms with van der Waals surface area (Å²) in [5, 5.41) is 10.2. The lowest BCUT2D eigenvalue weighted by Gasteiger charge is -2.27. The van der Waals surface area contributed by atoms with E-state index >= 15 is 0 Å². The number of hydrogen-bond acceptors (Lipinski definition) is 2. The molecule has 1 aromatic rings. The minimum atomic E-state index is -0.369. The summed E-state index contributed by atoms with van der Waals surface area (Å²) in [7, 11) is 0. The number of rotatable bonds is 2. The van der Waals surface area contributed by atoms with Gasteiger partial charge in [0.1, 0.15) is 0 Å². The zero-order valence-electron chi connectivity index (χ0n) is 9.15. The van der Waals surface area contributed by atoms with Crippen molar-refractivity contribution in [3.63, 3.8) is 0 Å². The van der Waals surface area contributed by atoms with Crippen LogP contribution in [-0.2, 0) is 4.74 Å². The molecule has 1 N–H and O–H groups in total. The van der Waals surface area contributed by atoms with Gasteiger partial charge in [0.2, 0.25) is 0 Å². The minimum Gasteiger partial charge on any atom is -0.388 e. The van der Waals surface area contributed by atoms with Crippen LogP contribution in [0.4, 0.5) is 0 Å². The number of aliphatic hydroxyl groups excluding tert-OH is 1. The highest BCUT2D eigenvalue weighted by molar-refractivity contribution is 5.28. The molecule has 0 aliphatic carbocycles. The van der Waals surface area contributed by atoms with E-state index in [2.05, 4.69) is 0 Å². The summed E-state index contributed by atoms with van der Waals surface area (Å²) >= 11 is 0. The molecule has 0 saturated carbocycles. The fourth-order valence-electron chi connectivity index (χ4n) is 2.19. The molecule has 0 amide bonds. The smallest absolute Gasteiger partial charge is 0.0842 e. The van der Waals surface area contributed by atoms with E-state index in [0.29, 0.717) is 6.61 Å². The van der Waals surface area contributed by atoms with Gasteiger partial charge in [-0.25, -0.2) is 0 Å². The van der Waals surface area contributed by atoms with Crippen molar-refractivity contribution in [2.75, 3.05) is 13.2 Å². The number of aryl methyl sites for hydroxylation is 1. The van der Waals surface area contributed by atoms with Crippen molar-refractivity contribution in [3.05, 3.63) is 35.4 Å². The molecule has 2 atom stereocenters. The third-order valence-electron chi connectivity index (χ3n) is 3.15. The molecule has 0 bridgehead atoms. The number of hydrogen-bond donors (Lipinski definition) is 1. The zero-order chi connectivity index (χ0) is 10.7. The largest absolute Gasteiger partial charge is 0.388 e. The molecule has 1 aliphatic rings. The van der Waals surface area contributed by atoms with Crippen LogP contribution in [0.1, 0.15) is 30.1 Å². The third-order valence-corrected chi connectivity index (χ3v) is 3.15. The molecule has 1 heterocycles. The Morgan fingerprint density at radius 2 is 2.20 bits per heavy atom. The number of ether oxygens (including phenoxy) is 1. The Labute approximate surface area is 90.9 Å². The van der Waals surface area contributed by atoms with E-state index < -0.39 is 0 Å². The highest BCUT2D eigenvalue weighted by Gasteiger charge is 2.24. The summed E-state index contributed by atoms with van der Waals surface area (Å²) in [5.41, 5.74) is 2.21. The summed E-state index contributed by atoms with van der Waals surface area (Å²) in [6, 6.07) is 8.04. The van der Waals surface area contributed by atoms with Crippen molar-refractivity contribution in [2.24, 2.45) is 5.92 Å². The first kappa shape index (κ1) is 10.7. The molecule has 82 valence electrons. The van der Waals surface area contributed by atoms with Gasteiger partial charge in [-0.05, 0) is 30.9 Å². The Morgan fingerprint density at radius 3 is 2.87 bits per heavy atom. The van der Waals surface area contributed by atoms with E-state index in [1.54, 1.807) is 0 Å². The van der Waals surface area contributed by atoms with Gasteiger partial charge < -0.3 is 9.84 Å². The first-order valence-electron chi connectivity index (χ1n) is 5.60. The molecular weight excluding hydrogens is 188 g/mol. The normalized spacial score (nSPS) is 23.7. The zero-order valence-corrected chi connectivity index (χ0v) is 9.15. The summed E-state index contributed by atoms with van der Waals surface area (Å²) < 4.78 is 5.40. The van der Waals surface area contributed by atoms with Crippen molar-refractivity contribution >= 4 is 0 Å². The van der Waals surface area contributed by atoms with Crippen molar-refractivity contribution in [1.82, 2.24) is 0 Å². The Morgan fingerprint density at radius 1 is 1.40 bits per heavy atom. The average molecular weight is 206 g/mol. The Kier molecular flexibility index (Phi) is 3.39. The van der Waals surface area contributed by atoms with Gasteiger partial charge in [-0.1, -0.05) is 24.3 Å². The maximum absolute atomic E-state index is 10.2. The molecular formula is C13H18O2. The van der Waals surface area contributed by atoms with Crippen LogP contribution in [0.15, 0.2) is 24.3 Å². The van der Waals surface area contributed by atoms with Crippen LogP contribution in [0.25, 0.3) is 0 Å². The fourth-order valence-corrected chi connectivity index (χ4v) is 2.19. The fraction of sp³-hybridized carbons (Fsp3) is 0.538. The number of benzene rings is 1. The van der Waals surface area contributed by atoms with E-state index in [1.807, 2.05) is 31.2 Å². The summed E-state index contributed by atoms with van der Waals surface area (Å²) in [4.78, 5) is 0. The molecule has 2 unspecified atom stereocenters. The van der Waals surface area contributed by atoms with Crippen LogP contribution in [0.5, 0.6) is 0 Å². The van der Waals surface area contributed by atoms with Crippen LogP contribution in [0.3, 0.4) is 0 Å². The van der Waals surface area contributed by atoms with E-state index in [-0.39, 0.29) is 12.0 Å². The van der Waals surface area contributed by atoms with Gasteiger partial charge in [-0.3, -0.25) is 0 Å². The molecule has 1 aliphatic heterocycles. The molecule has 1 aromatic carbocycles. The maximum atomic E-state index is 10.2. The number of aliphatic hydroxyl groups is 1. The summed E-state index contributed by atoms with van der Waals surface area (Å²) in [5.74, 6) is 0.264. The maximum Gasteiger partial charge on any atom is 0.0842 e. The van der Waals surface area contributed by atoms with Crippen molar-refractivity contribution in [1.29, 1.82) is 0 Å². The van der Waals surface area contributed by atoms with E-state index in [1.165, 1.54) is 0 Å². The lowest BCUT2D eigenvalue weighted by molar-refractivity contribution is -0.0102. The first-order chi connectivity index (χ1) is 7.29. The van der Waals surface area contributed by atoms with Gasteiger partial charge in [0, 0.05) is 12.5 Å². The van der Waals surface area contributed by atoms with Gasteiger partial charge in [-0.2, -0.15) is 0 Å². The molecule has 2 rings (SSSR count). The highest BCUT2D eigenvalue weighted by Crippen LogP contribution is 2.30. The lowest BCUT2D eigenvalue weighted by Crippen LogP contribution is -2.24. The van der Waals surface area contributed by atoms with Gasteiger partial charge >= 0.3 is 0 Å². The minimum absolute atomic E-state index is 0.264. The van der Waals surface area contributed by atoms with Crippen molar-refractivity contribution < 1.29 is 9.84 Å². The van der Waals surface area contributed by atoms with Gasteiger partial charge in [0.05, 0.1) is 12.7 Å². The second kappa shape index (κ2) is 4.77. The van der Waals surface area contributed by atoms with Gasteiger partial charge in [0.25, 0.3) is 0 Å². The molecule has 2 heteroatoms. The van der Waals surface area contributed by atoms with Gasteiger partial charge in [-0.15, -0.1) is 0 Å². The third kappa shape index (κ3) is 2.39. The van der Waals surface area contributed by atoms with Crippen LogP contribution >= 0.6 is 0 Å². The highest BCUT2D eigenvalue weighted by atomic mass is 16.5. The topological polar surface area (TPSA) is 29.5 Å². The summed E-state index contributed by atoms with van der Waals surface area (Å²) in [6.07, 6.45) is 1.76. The molecule has 15 heavy (non-hydrogen) atoms. The summed E-state index contributed by atoms with van der Waals surface area (Å²) in [6.45, 7) is 3.58. The van der Waals surface area contributed by atoms with Crippen LogP contribution in [0.2, 0.25) is 0 Å². The quantitative estimate of drug-likeness (QED) is 0.805. The van der Waals surface area contributed by atoms with Crippen molar-refractivity contribution in [2.45, 2.75) is 25.9 Å². The van der Waals surface area contributed by atoms with E-state index in [9.17, 15) is 5.11 Å². The van der Waals surface area contributed by atoms with Gasteiger partial charge in [0.15, 0.2) is 0 Å². The molecule has 0 aromatic heterocycles. The molecule has 0 radical (unpaired) electrons. The second-order valence-electron chi connectivity index (χ2n) is 4.28. The second-order valence-corrected chi connectivity index (χ2v) is 4.28. The van der Waals surface area contributed by atoms with Crippen molar-refractivity contribution in [3.8, 4) is 0 Å². The van der Waals surface area contributed by atoms with E-state index in [0.717, 1.165) is 30.6 Å². The van der Waals surface area contributed by atoms with E-state index in [4.69, 9.17) is 4.74 Å². The molecule has 1 fully saturated rings. The standard InChI is InChI=1S/C13H18O2/c1-10-5-2-3-7-12(10)13(14)11-6-4-8-15-9-11/h2-3,5,7,11,13-14H,4,6,8-9H2,1H3. The Hall–Kier alpha value is -0.860. The van der Waals surface area contributed by atoms with Crippen LogP contribution < -0.4 is 0 Å². The first-order valence-corrected chi connectivity index (χ1v) is 5.60. The predicted octanol–water partition coefficient (Wildman–Crippen LogP) is 2.46. The monoisotopic (exact) mass is 206 g/mol. The SMILES string of the molecule is Cc1ccccc1C(O)C1CCCOC1. The molecule has 0 spiro atoms. The molecule has 1 saturated heterocycles. The van der Waals surface area contributed by atoms with Crippen LogP contribution in [0, 0.1) is 12.8 Å². The predicted molar refractivity (Wildman–Crippen MR) is 59.7 cm³/mol.